The molecule has 3 aromatic rings. The Bertz CT molecular complexity index is 986. The molecule has 1 fully saturated rings. The van der Waals surface area contributed by atoms with Gasteiger partial charge in [0.25, 0.3) is 0 Å². The first-order chi connectivity index (χ1) is 15.0. The molecule has 2 aromatic carbocycles. The van der Waals surface area contributed by atoms with Crippen molar-refractivity contribution in [2.45, 2.75) is 45.9 Å². The summed E-state index contributed by atoms with van der Waals surface area (Å²) >= 11 is 0. The van der Waals surface area contributed by atoms with Crippen molar-refractivity contribution in [1.29, 1.82) is 0 Å². The van der Waals surface area contributed by atoms with Gasteiger partial charge in [-0.3, -0.25) is 0 Å². The van der Waals surface area contributed by atoms with E-state index in [0.717, 1.165) is 29.8 Å². The van der Waals surface area contributed by atoms with Crippen LogP contribution in [-0.2, 0) is 19.6 Å². The van der Waals surface area contributed by atoms with Crippen LogP contribution in [0, 0.1) is 11.3 Å². The second-order valence-corrected chi connectivity index (χ2v) is 8.71. The van der Waals surface area contributed by atoms with Gasteiger partial charge in [0.05, 0.1) is 5.69 Å². The van der Waals surface area contributed by atoms with Gasteiger partial charge in [-0.05, 0) is 41.9 Å². The van der Waals surface area contributed by atoms with Gasteiger partial charge in [0.1, 0.15) is 12.4 Å². The number of benzene rings is 2. The SMILES string of the molecule is CC1(C)[C@H](Cc2cc(COc3ccccc3)on2)C[C@@H]1NC(=O)NCc1ccccc1. The minimum atomic E-state index is -0.123. The number of amides is 2. The van der Waals surface area contributed by atoms with Gasteiger partial charge < -0.3 is 19.9 Å². The Morgan fingerprint density at radius 3 is 2.55 bits per heavy atom. The minimum Gasteiger partial charge on any atom is -0.486 e. The van der Waals surface area contributed by atoms with Crippen molar-refractivity contribution in [2.75, 3.05) is 0 Å². The van der Waals surface area contributed by atoms with Crippen LogP contribution < -0.4 is 15.4 Å². The molecule has 0 saturated heterocycles. The van der Waals surface area contributed by atoms with E-state index in [-0.39, 0.29) is 17.5 Å². The van der Waals surface area contributed by atoms with Gasteiger partial charge in [-0.25, -0.2) is 4.79 Å². The Hall–Kier alpha value is -3.28. The second kappa shape index (κ2) is 9.25. The summed E-state index contributed by atoms with van der Waals surface area (Å²) in [5.41, 5.74) is 2.00. The van der Waals surface area contributed by atoms with E-state index in [4.69, 9.17) is 9.26 Å². The average molecular weight is 420 g/mol. The molecule has 0 spiro atoms. The van der Waals surface area contributed by atoms with Crippen LogP contribution in [0.3, 0.4) is 0 Å². The lowest BCUT2D eigenvalue weighted by Crippen LogP contribution is -2.60. The van der Waals surface area contributed by atoms with Gasteiger partial charge in [-0.1, -0.05) is 67.5 Å². The quantitative estimate of drug-likeness (QED) is 0.554. The summed E-state index contributed by atoms with van der Waals surface area (Å²) in [6, 6.07) is 21.5. The molecule has 4 rings (SSSR count). The number of rotatable bonds is 8. The molecular weight excluding hydrogens is 390 g/mol. The van der Waals surface area contributed by atoms with Crippen LogP contribution in [0.4, 0.5) is 4.79 Å². The Morgan fingerprint density at radius 2 is 1.84 bits per heavy atom. The molecule has 2 amide bonds. The van der Waals surface area contributed by atoms with Crippen LogP contribution in [-0.4, -0.2) is 17.2 Å². The molecule has 2 atom stereocenters. The monoisotopic (exact) mass is 419 g/mol. The zero-order valence-corrected chi connectivity index (χ0v) is 18.0. The largest absolute Gasteiger partial charge is 0.486 e. The molecular formula is C25H29N3O3. The molecule has 2 N–H and O–H groups in total. The lowest BCUT2D eigenvalue weighted by Gasteiger charge is -2.52. The van der Waals surface area contributed by atoms with E-state index in [1.54, 1.807) is 0 Å². The Labute approximate surface area is 183 Å². The molecule has 31 heavy (non-hydrogen) atoms. The first kappa shape index (κ1) is 21.0. The standard InChI is InChI=1S/C25H29N3O3/c1-25(2)19(14-23(25)27-24(29)26-16-18-9-5-3-6-10-18)13-20-15-22(31-28-20)17-30-21-11-7-4-8-12-21/h3-12,15,19,23H,13-14,16-17H2,1-2H3,(H2,26,27,29)/t19-,23+/m1/s1. The summed E-state index contributed by atoms with van der Waals surface area (Å²) in [5.74, 6) is 1.95. The van der Waals surface area contributed by atoms with E-state index in [0.29, 0.717) is 24.8 Å². The molecule has 6 nitrogen and oxygen atoms in total. The summed E-state index contributed by atoms with van der Waals surface area (Å²) in [6.45, 7) is 5.28. The van der Waals surface area contributed by atoms with E-state index < -0.39 is 0 Å². The van der Waals surface area contributed by atoms with Crippen molar-refractivity contribution < 1.29 is 14.1 Å². The first-order valence-corrected chi connectivity index (χ1v) is 10.7. The zero-order chi connectivity index (χ0) is 21.7. The fourth-order valence-corrected chi connectivity index (χ4v) is 4.04. The number of carbonyl (C=O) groups excluding carboxylic acids is 1. The zero-order valence-electron chi connectivity index (χ0n) is 18.0. The minimum absolute atomic E-state index is 0.0102. The molecule has 162 valence electrons. The molecule has 1 heterocycles. The fourth-order valence-electron chi connectivity index (χ4n) is 4.04. The predicted molar refractivity (Wildman–Crippen MR) is 118 cm³/mol. The van der Waals surface area contributed by atoms with Crippen molar-refractivity contribution in [3.05, 3.63) is 83.7 Å². The van der Waals surface area contributed by atoms with Crippen LogP contribution in [0.15, 0.2) is 71.3 Å². The maximum Gasteiger partial charge on any atom is 0.315 e. The lowest BCUT2D eigenvalue weighted by atomic mass is 9.57. The number of para-hydroxylation sites is 1. The smallest absolute Gasteiger partial charge is 0.315 e. The summed E-state index contributed by atoms with van der Waals surface area (Å²) in [7, 11) is 0. The van der Waals surface area contributed by atoms with Gasteiger partial charge in [-0.2, -0.15) is 0 Å². The highest BCUT2D eigenvalue weighted by Gasteiger charge is 2.48. The number of ether oxygens (including phenoxy) is 1. The third kappa shape index (κ3) is 5.26. The summed E-state index contributed by atoms with van der Waals surface area (Å²) in [5, 5.41) is 10.3. The van der Waals surface area contributed by atoms with E-state index >= 15 is 0 Å². The predicted octanol–water partition coefficient (Wildman–Crippen LogP) is 4.71. The van der Waals surface area contributed by atoms with Crippen LogP contribution in [0.1, 0.15) is 37.3 Å². The van der Waals surface area contributed by atoms with E-state index in [9.17, 15) is 4.79 Å². The molecule has 1 aliphatic carbocycles. The Balaban J connectivity index is 1.23. The number of carbonyl (C=O) groups is 1. The van der Waals surface area contributed by atoms with Gasteiger partial charge in [0.2, 0.25) is 0 Å². The molecule has 0 unspecified atom stereocenters. The topological polar surface area (TPSA) is 76.4 Å². The summed E-state index contributed by atoms with van der Waals surface area (Å²) in [4.78, 5) is 12.3. The number of nitrogens with one attached hydrogen (secondary N) is 2. The fraction of sp³-hybridized carbons (Fsp3) is 0.360. The van der Waals surface area contributed by atoms with E-state index in [1.807, 2.05) is 66.7 Å². The van der Waals surface area contributed by atoms with Crippen molar-refractivity contribution in [3.8, 4) is 5.75 Å². The molecule has 1 saturated carbocycles. The average Bonchev–Trinajstić information content (AvgIpc) is 3.24. The molecule has 0 bridgehead atoms. The second-order valence-electron chi connectivity index (χ2n) is 8.71. The van der Waals surface area contributed by atoms with Crippen LogP contribution in [0.2, 0.25) is 0 Å². The Morgan fingerprint density at radius 1 is 1.13 bits per heavy atom. The van der Waals surface area contributed by atoms with E-state index in [1.165, 1.54) is 0 Å². The highest BCUT2D eigenvalue weighted by Crippen LogP contribution is 2.47. The molecule has 0 aliphatic heterocycles. The maximum atomic E-state index is 12.3. The third-order valence-corrected chi connectivity index (χ3v) is 6.26. The van der Waals surface area contributed by atoms with Crippen LogP contribution >= 0.6 is 0 Å². The van der Waals surface area contributed by atoms with E-state index in [2.05, 4.69) is 29.6 Å². The van der Waals surface area contributed by atoms with Crippen LogP contribution in [0.25, 0.3) is 0 Å². The first-order valence-electron chi connectivity index (χ1n) is 10.7. The maximum absolute atomic E-state index is 12.3. The highest BCUT2D eigenvalue weighted by atomic mass is 16.5. The molecule has 0 radical (unpaired) electrons. The number of nitrogens with zero attached hydrogens (tertiary/aromatic N) is 1. The number of hydrogen-bond acceptors (Lipinski definition) is 4. The van der Waals surface area contributed by atoms with Gasteiger partial charge in [0, 0.05) is 18.7 Å². The molecule has 1 aliphatic rings. The number of urea groups is 1. The van der Waals surface area contributed by atoms with Crippen LogP contribution in [0.5, 0.6) is 5.75 Å². The van der Waals surface area contributed by atoms with Gasteiger partial charge in [-0.15, -0.1) is 0 Å². The normalized spacial score (nSPS) is 19.3. The van der Waals surface area contributed by atoms with Gasteiger partial charge >= 0.3 is 6.03 Å². The lowest BCUT2D eigenvalue weighted by molar-refractivity contribution is 0.0200. The van der Waals surface area contributed by atoms with Crippen molar-refractivity contribution >= 4 is 6.03 Å². The van der Waals surface area contributed by atoms with Crippen molar-refractivity contribution in [2.24, 2.45) is 11.3 Å². The molecule has 1 aromatic heterocycles. The van der Waals surface area contributed by atoms with Gasteiger partial charge in [0.15, 0.2) is 5.76 Å². The number of hydrogen-bond donors (Lipinski definition) is 2. The summed E-state index contributed by atoms with van der Waals surface area (Å²) < 4.78 is 11.2. The van der Waals surface area contributed by atoms with Crippen molar-refractivity contribution in [1.82, 2.24) is 15.8 Å². The Kier molecular flexibility index (Phi) is 6.26. The molecule has 6 heteroatoms. The highest BCUT2D eigenvalue weighted by molar-refractivity contribution is 5.74. The number of aromatic nitrogens is 1. The third-order valence-electron chi connectivity index (χ3n) is 6.26. The summed E-state index contributed by atoms with van der Waals surface area (Å²) in [6.07, 6.45) is 1.75. The van der Waals surface area contributed by atoms with Crippen molar-refractivity contribution in [3.63, 3.8) is 0 Å².